The van der Waals surface area contributed by atoms with E-state index in [0.717, 1.165) is 17.2 Å². The van der Waals surface area contributed by atoms with Gasteiger partial charge in [0.25, 0.3) is 0 Å². The molecular formula is C18H25NO3Si. The summed E-state index contributed by atoms with van der Waals surface area (Å²) in [4.78, 5) is 4.47. The second-order valence-electron chi connectivity index (χ2n) is 7.09. The molecular weight excluding hydrogens is 306 g/mol. The highest BCUT2D eigenvalue weighted by Crippen LogP contribution is 2.31. The second-order valence-corrected chi connectivity index (χ2v) is 9.00. The van der Waals surface area contributed by atoms with Crippen molar-refractivity contribution in [2.45, 2.75) is 58.8 Å². The van der Waals surface area contributed by atoms with Gasteiger partial charge in [-0.05, 0) is 37.9 Å². The van der Waals surface area contributed by atoms with Crippen LogP contribution in [0.3, 0.4) is 0 Å². The van der Waals surface area contributed by atoms with E-state index in [0.29, 0.717) is 22.3 Å². The number of aromatic nitrogens is 1. The van der Waals surface area contributed by atoms with Crippen molar-refractivity contribution in [3.05, 3.63) is 47.7 Å². The van der Waals surface area contributed by atoms with Crippen LogP contribution in [-0.4, -0.2) is 14.7 Å². The highest BCUT2D eigenvalue weighted by atomic mass is 28.2. The number of nitrogens with zero attached hydrogens (tertiary/aromatic N) is 1. The van der Waals surface area contributed by atoms with Crippen LogP contribution < -0.4 is 4.74 Å². The molecule has 0 amide bonds. The molecule has 5 heteroatoms. The first kappa shape index (κ1) is 17.8. The van der Waals surface area contributed by atoms with E-state index in [9.17, 15) is 0 Å². The summed E-state index contributed by atoms with van der Waals surface area (Å²) in [6, 6.07) is 9.65. The fourth-order valence-corrected chi connectivity index (χ4v) is 2.72. The minimum Gasteiger partial charge on any atom is -0.484 e. The zero-order chi connectivity index (χ0) is 17.1. The summed E-state index contributed by atoms with van der Waals surface area (Å²) in [5.74, 6) is 2.13. The fraction of sp³-hybridized carbons (Fsp3) is 0.500. The molecule has 2 rings (SSSR count). The van der Waals surface area contributed by atoms with Gasteiger partial charge in [-0.25, -0.2) is 4.98 Å². The summed E-state index contributed by atoms with van der Waals surface area (Å²) in [5.41, 5.74) is 0.341. The topological polar surface area (TPSA) is 44.5 Å². The summed E-state index contributed by atoms with van der Waals surface area (Å²) < 4.78 is 17.7. The quantitative estimate of drug-likeness (QED) is 0.723. The van der Waals surface area contributed by atoms with Crippen LogP contribution in [0.25, 0.3) is 0 Å². The third kappa shape index (κ3) is 5.22. The molecule has 1 aromatic heterocycles. The summed E-state index contributed by atoms with van der Waals surface area (Å²) in [7, 11) is 0.384. The number of hydrogen-bond acceptors (Lipinski definition) is 4. The number of rotatable bonds is 6. The summed E-state index contributed by atoms with van der Waals surface area (Å²) in [6.07, 6.45) is 0. The molecule has 2 aromatic rings. The maximum Gasteiger partial charge on any atom is 0.237 e. The molecule has 0 N–H and O–H groups in total. The largest absolute Gasteiger partial charge is 0.484 e. The van der Waals surface area contributed by atoms with Gasteiger partial charge in [0, 0.05) is 0 Å². The molecule has 0 aliphatic heterocycles. The molecule has 0 bridgehead atoms. The van der Waals surface area contributed by atoms with Gasteiger partial charge in [0.05, 0.1) is 5.69 Å². The molecule has 124 valence electrons. The van der Waals surface area contributed by atoms with E-state index in [1.54, 1.807) is 0 Å². The predicted molar refractivity (Wildman–Crippen MR) is 91.6 cm³/mol. The monoisotopic (exact) mass is 331 g/mol. The number of aryl methyl sites for hydroxylation is 1. The van der Waals surface area contributed by atoms with Crippen LogP contribution in [0.5, 0.6) is 5.75 Å². The lowest BCUT2D eigenvalue weighted by atomic mass is 10.1. The van der Waals surface area contributed by atoms with Crippen LogP contribution in [0.4, 0.5) is 0 Å². The third-order valence-electron chi connectivity index (χ3n) is 3.11. The van der Waals surface area contributed by atoms with Gasteiger partial charge in [-0.3, -0.25) is 0 Å². The zero-order valence-electron chi connectivity index (χ0n) is 14.8. The Labute approximate surface area is 141 Å². The summed E-state index contributed by atoms with van der Waals surface area (Å²) in [5, 5.41) is 0.129. The average molecular weight is 331 g/mol. The molecule has 0 saturated heterocycles. The predicted octanol–water partition coefficient (Wildman–Crippen LogP) is 4.65. The van der Waals surface area contributed by atoms with E-state index in [4.69, 9.17) is 13.6 Å². The first-order valence-corrected chi connectivity index (χ1v) is 8.68. The zero-order valence-corrected chi connectivity index (χ0v) is 15.8. The normalized spacial score (nSPS) is 12.4. The molecule has 0 aliphatic carbocycles. The Balaban J connectivity index is 2.05. The van der Waals surface area contributed by atoms with E-state index in [1.807, 2.05) is 51.1 Å². The molecule has 1 heterocycles. The van der Waals surface area contributed by atoms with Crippen LogP contribution in [0.15, 0.2) is 34.7 Å². The van der Waals surface area contributed by atoms with E-state index in [-0.39, 0.29) is 5.04 Å². The van der Waals surface area contributed by atoms with Crippen molar-refractivity contribution < 1.29 is 13.6 Å². The first-order chi connectivity index (χ1) is 10.7. The van der Waals surface area contributed by atoms with Gasteiger partial charge in [0.1, 0.15) is 11.4 Å². The van der Waals surface area contributed by atoms with Gasteiger partial charge < -0.3 is 13.6 Å². The Morgan fingerprint density at radius 3 is 2.35 bits per heavy atom. The van der Waals surface area contributed by atoms with Crippen LogP contribution in [0.2, 0.25) is 5.04 Å². The second kappa shape index (κ2) is 6.89. The van der Waals surface area contributed by atoms with Crippen molar-refractivity contribution in [1.29, 1.82) is 0 Å². The maximum absolute atomic E-state index is 6.09. The molecule has 1 aromatic carbocycles. The molecule has 0 atom stereocenters. The van der Waals surface area contributed by atoms with Gasteiger partial charge in [-0.2, -0.15) is 0 Å². The smallest absolute Gasteiger partial charge is 0.237 e. The standard InChI is InChI=1S/C18H25NO3Si/c1-13-16(18(5,6)22-23-17(2,3)4)21-15(19-13)12-20-14-10-8-7-9-11-14/h7-11H,12H2,1-6H3. The molecule has 4 nitrogen and oxygen atoms in total. The molecule has 0 fully saturated rings. The number of para-hydroxylation sites is 1. The Morgan fingerprint density at radius 1 is 1.09 bits per heavy atom. The van der Waals surface area contributed by atoms with E-state index in [1.165, 1.54) is 0 Å². The number of benzene rings is 1. The van der Waals surface area contributed by atoms with E-state index in [2.05, 4.69) is 25.8 Å². The lowest BCUT2D eigenvalue weighted by Gasteiger charge is -2.27. The van der Waals surface area contributed by atoms with Gasteiger partial charge in [0.15, 0.2) is 12.4 Å². The van der Waals surface area contributed by atoms with Gasteiger partial charge >= 0.3 is 0 Å². The number of hydrogen-bond donors (Lipinski definition) is 0. The Hall–Kier alpha value is -1.59. The number of ether oxygens (including phenoxy) is 1. The van der Waals surface area contributed by atoms with Gasteiger partial charge in [-0.1, -0.05) is 39.0 Å². The molecule has 0 spiro atoms. The molecule has 2 radical (unpaired) electrons. The van der Waals surface area contributed by atoms with Gasteiger partial charge in [0.2, 0.25) is 15.7 Å². The average Bonchev–Trinajstić information content (AvgIpc) is 2.86. The Bertz CT molecular complexity index is 629. The number of oxazole rings is 1. The molecule has 23 heavy (non-hydrogen) atoms. The lowest BCUT2D eigenvalue weighted by Crippen LogP contribution is -2.27. The maximum atomic E-state index is 6.09. The minimum absolute atomic E-state index is 0.129. The van der Waals surface area contributed by atoms with Crippen molar-refractivity contribution >= 4 is 9.76 Å². The van der Waals surface area contributed by atoms with E-state index >= 15 is 0 Å². The van der Waals surface area contributed by atoms with Crippen LogP contribution in [0.1, 0.15) is 52.0 Å². The van der Waals surface area contributed by atoms with Gasteiger partial charge in [-0.15, -0.1) is 0 Å². The summed E-state index contributed by atoms with van der Waals surface area (Å²) >= 11 is 0. The summed E-state index contributed by atoms with van der Waals surface area (Å²) in [6.45, 7) is 12.8. The third-order valence-corrected chi connectivity index (χ3v) is 4.33. The van der Waals surface area contributed by atoms with Crippen molar-refractivity contribution in [2.24, 2.45) is 0 Å². The SMILES string of the molecule is Cc1nc(COc2ccccc2)oc1C(C)(C)O[Si]C(C)(C)C. The van der Waals surface area contributed by atoms with Crippen LogP contribution >= 0.6 is 0 Å². The first-order valence-electron chi connectivity index (χ1n) is 7.77. The molecule has 0 unspecified atom stereocenters. The van der Waals surface area contributed by atoms with Crippen molar-refractivity contribution in [2.75, 3.05) is 0 Å². The van der Waals surface area contributed by atoms with Crippen LogP contribution in [-0.2, 0) is 16.6 Å². The Kier molecular flexibility index (Phi) is 5.32. The van der Waals surface area contributed by atoms with E-state index < -0.39 is 5.60 Å². The van der Waals surface area contributed by atoms with Crippen molar-refractivity contribution in [1.82, 2.24) is 4.98 Å². The minimum atomic E-state index is -0.506. The van der Waals surface area contributed by atoms with Crippen LogP contribution in [0, 0.1) is 6.92 Å². The van der Waals surface area contributed by atoms with Crippen molar-refractivity contribution in [3.63, 3.8) is 0 Å². The fourth-order valence-electron chi connectivity index (χ4n) is 2.06. The lowest BCUT2D eigenvalue weighted by molar-refractivity contribution is 0.0785. The highest BCUT2D eigenvalue weighted by molar-refractivity contribution is 6.31. The van der Waals surface area contributed by atoms with Crippen molar-refractivity contribution in [3.8, 4) is 5.75 Å². The molecule has 0 saturated carbocycles. The molecule has 0 aliphatic rings. The highest BCUT2D eigenvalue weighted by Gasteiger charge is 2.31. The Morgan fingerprint density at radius 2 is 1.74 bits per heavy atom.